The zero-order valence-corrected chi connectivity index (χ0v) is 33.7. The Labute approximate surface area is 339 Å². The lowest BCUT2D eigenvalue weighted by atomic mass is 9.31. The third kappa shape index (κ3) is 5.78. The molecule has 10 rings (SSSR count). The number of anilines is 3. The molecule has 2 aliphatic heterocycles. The number of hydrogen-bond donors (Lipinski definition) is 0. The summed E-state index contributed by atoms with van der Waals surface area (Å²) in [6.07, 6.45) is 12.9. The molecule has 0 aromatic heterocycles. The SMILES string of the molecule is CC1C2=C3B(c4ccc(-c5ccccc5)cc4N(c4ccccc4-c4ccccc4)C3=CC1C(C)(C)C)c1ccc(-c3ccccc3)cc1N2C1(C)C=CC=CC1. The smallest absolute Gasteiger partial charge is 0.251 e. The lowest BCUT2D eigenvalue weighted by molar-refractivity contribution is 0.229. The number of benzene rings is 6. The fourth-order valence-electron chi connectivity index (χ4n) is 10.3. The fourth-order valence-corrected chi connectivity index (χ4v) is 10.3. The van der Waals surface area contributed by atoms with Crippen molar-refractivity contribution in [2.75, 3.05) is 9.80 Å². The summed E-state index contributed by atoms with van der Waals surface area (Å²) in [5.74, 6) is 0.553. The molecule has 57 heavy (non-hydrogen) atoms. The van der Waals surface area contributed by atoms with E-state index in [1.807, 2.05) is 0 Å². The molecule has 278 valence electrons. The molecular formula is C54H49BN2. The molecule has 2 nitrogen and oxygen atoms in total. The Balaban J connectivity index is 1.33. The quantitative estimate of drug-likeness (QED) is 0.163. The van der Waals surface area contributed by atoms with E-state index in [1.165, 1.54) is 78.2 Å². The molecule has 0 spiro atoms. The van der Waals surface area contributed by atoms with Crippen LogP contribution in [0.4, 0.5) is 17.1 Å². The van der Waals surface area contributed by atoms with Crippen molar-refractivity contribution in [3.8, 4) is 33.4 Å². The van der Waals surface area contributed by atoms with E-state index < -0.39 is 0 Å². The van der Waals surface area contributed by atoms with Crippen LogP contribution in [-0.4, -0.2) is 12.3 Å². The molecule has 2 heterocycles. The maximum Gasteiger partial charge on any atom is 0.251 e. The van der Waals surface area contributed by atoms with Crippen LogP contribution in [0, 0.1) is 17.3 Å². The molecule has 6 aromatic rings. The first-order valence-electron chi connectivity index (χ1n) is 20.7. The Morgan fingerprint density at radius 2 is 1.16 bits per heavy atom. The van der Waals surface area contributed by atoms with Crippen molar-refractivity contribution < 1.29 is 0 Å². The summed E-state index contributed by atoms with van der Waals surface area (Å²) in [6, 6.07) is 56.3. The average Bonchev–Trinajstić information content (AvgIpc) is 3.24. The van der Waals surface area contributed by atoms with Gasteiger partial charge >= 0.3 is 0 Å². The van der Waals surface area contributed by atoms with Gasteiger partial charge in [0.25, 0.3) is 6.71 Å². The van der Waals surface area contributed by atoms with Crippen LogP contribution in [0.5, 0.6) is 0 Å². The van der Waals surface area contributed by atoms with Gasteiger partial charge in [0.15, 0.2) is 0 Å². The van der Waals surface area contributed by atoms with Crippen LogP contribution in [0.2, 0.25) is 0 Å². The van der Waals surface area contributed by atoms with Crippen LogP contribution in [0.25, 0.3) is 33.4 Å². The van der Waals surface area contributed by atoms with Crippen LogP contribution < -0.4 is 20.7 Å². The first kappa shape index (κ1) is 35.4. The highest BCUT2D eigenvalue weighted by molar-refractivity contribution is 6.94. The minimum absolute atomic E-state index is 0.0122. The highest BCUT2D eigenvalue weighted by Gasteiger charge is 2.52. The van der Waals surface area contributed by atoms with Crippen molar-refractivity contribution in [3.63, 3.8) is 0 Å². The summed E-state index contributed by atoms with van der Waals surface area (Å²) in [5, 5.41) is 0. The van der Waals surface area contributed by atoms with E-state index in [0.29, 0.717) is 0 Å². The molecule has 4 aliphatic rings. The average molecular weight is 737 g/mol. The second-order valence-electron chi connectivity index (χ2n) is 17.6. The lowest BCUT2D eigenvalue weighted by Crippen LogP contribution is -2.62. The van der Waals surface area contributed by atoms with E-state index in [2.05, 4.69) is 226 Å². The molecular weight excluding hydrogens is 687 g/mol. The van der Waals surface area contributed by atoms with Gasteiger partial charge in [-0.15, -0.1) is 0 Å². The van der Waals surface area contributed by atoms with Gasteiger partial charge in [-0.25, -0.2) is 0 Å². The number of fused-ring (bicyclic) bond motifs is 4. The molecule has 0 N–H and O–H groups in total. The van der Waals surface area contributed by atoms with Crippen LogP contribution in [-0.2, 0) is 0 Å². The highest BCUT2D eigenvalue weighted by Crippen LogP contribution is 2.55. The molecule has 0 amide bonds. The van der Waals surface area contributed by atoms with Gasteiger partial charge in [-0.3, -0.25) is 0 Å². The second-order valence-corrected chi connectivity index (χ2v) is 17.6. The molecule has 3 atom stereocenters. The summed E-state index contributed by atoms with van der Waals surface area (Å²) in [7, 11) is 0. The van der Waals surface area contributed by atoms with Gasteiger partial charge in [0, 0.05) is 34.3 Å². The molecule has 3 heteroatoms. The van der Waals surface area contributed by atoms with Crippen molar-refractivity contribution in [3.05, 3.63) is 199 Å². The third-order valence-electron chi connectivity index (χ3n) is 13.0. The summed E-state index contributed by atoms with van der Waals surface area (Å²) in [4.78, 5) is 5.42. The Bertz CT molecular complexity index is 2630. The zero-order valence-electron chi connectivity index (χ0n) is 33.7. The number of para-hydroxylation sites is 1. The predicted octanol–water partition coefficient (Wildman–Crippen LogP) is 12.5. The number of nitrogens with zero attached hydrogens (tertiary/aromatic N) is 2. The molecule has 3 unspecified atom stereocenters. The van der Waals surface area contributed by atoms with E-state index in [9.17, 15) is 0 Å². The van der Waals surface area contributed by atoms with Crippen molar-refractivity contribution >= 4 is 34.7 Å². The number of hydrogen-bond acceptors (Lipinski definition) is 2. The molecule has 0 bridgehead atoms. The van der Waals surface area contributed by atoms with Crippen LogP contribution >= 0.6 is 0 Å². The molecule has 0 saturated heterocycles. The van der Waals surface area contributed by atoms with E-state index in [-0.39, 0.29) is 29.5 Å². The Kier molecular flexibility index (Phi) is 8.41. The van der Waals surface area contributed by atoms with Crippen molar-refractivity contribution in [2.24, 2.45) is 17.3 Å². The summed E-state index contributed by atoms with van der Waals surface area (Å²) >= 11 is 0. The van der Waals surface area contributed by atoms with Crippen molar-refractivity contribution in [1.29, 1.82) is 0 Å². The zero-order chi connectivity index (χ0) is 38.9. The van der Waals surface area contributed by atoms with Crippen molar-refractivity contribution in [2.45, 2.75) is 46.6 Å². The topological polar surface area (TPSA) is 6.48 Å². The minimum Gasteiger partial charge on any atom is -0.336 e. The van der Waals surface area contributed by atoms with Crippen LogP contribution in [0.3, 0.4) is 0 Å². The number of allylic oxidation sites excluding steroid dienone is 5. The highest BCUT2D eigenvalue weighted by atomic mass is 15.2. The van der Waals surface area contributed by atoms with Crippen molar-refractivity contribution in [1.82, 2.24) is 0 Å². The second kappa shape index (κ2) is 13.6. The normalized spacial score (nSPS) is 20.9. The standard InChI is InChI=1S/C54H49BN2/c1-37-44(53(2,3)4)36-50-51-52(37)57(54(5)32-18-9-19-33-54)49-35-42(39-22-12-7-13-23-39)29-31-46(49)55(51)45-30-28-41(38-20-10-6-11-21-38)34-48(45)56(50)47-27-17-16-26-43(47)40-24-14-8-15-25-40/h6-32,34-37,44H,33H2,1-5H3. The van der Waals surface area contributed by atoms with Gasteiger partial charge in [-0.05, 0) is 87.1 Å². The molecule has 0 saturated carbocycles. The number of rotatable bonds is 5. The Hall–Kier alpha value is -6.06. The van der Waals surface area contributed by atoms with Gasteiger partial charge in [-0.1, -0.05) is 192 Å². The molecule has 0 radical (unpaired) electrons. The molecule has 2 aliphatic carbocycles. The van der Waals surface area contributed by atoms with Gasteiger partial charge < -0.3 is 9.80 Å². The molecule has 0 fully saturated rings. The third-order valence-corrected chi connectivity index (χ3v) is 13.0. The van der Waals surface area contributed by atoms with Crippen LogP contribution in [0.1, 0.15) is 41.0 Å². The lowest BCUT2D eigenvalue weighted by Gasteiger charge is -2.56. The maximum atomic E-state index is 2.78. The summed E-state index contributed by atoms with van der Waals surface area (Å²) in [5.41, 5.74) is 17.9. The summed E-state index contributed by atoms with van der Waals surface area (Å²) < 4.78 is 0. The van der Waals surface area contributed by atoms with Gasteiger partial charge in [-0.2, -0.15) is 0 Å². The fraction of sp³-hybridized carbons (Fsp3) is 0.185. The monoisotopic (exact) mass is 736 g/mol. The first-order chi connectivity index (χ1) is 27.7. The van der Waals surface area contributed by atoms with E-state index in [4.69, 9.17) is 0 Å². The van der Waals surface area contributed by atoms with E-state index in [1.54, 1.807) is 0 Å². The predicted molar refractivity (Wildman–Crippen MR) is 244 cm³/mol. The maximum absolute atomic E-state index is 2.78. The van der Waals surface area contributed by atoms with Gasteiger partial charge in [0.2, 0.25) is 0 Å². The molecule has 6 aromatic carbocycles. The Morgan fingerprint density at radius 1 is 0.596 bits per heavy atom. The van der Waals surface area contributed by atoms with Gasteiger partial charge in [0.1, 0.15) is 0 Å². The van der Waals surface area contributed by atoms with E-state index >= 15 is 0 Å². The first-order valence-corrected chi connectivity index (χ1v) is 20.7. The summed E-state index contributed by atoms with van der Waals surface area (Å²) in [6.45, 7) is 12.3. The van der Waals surface area contributed by atoms with Gasteiger partial charge in [0.05, 0.1) is 11.2 Å². The van der Waals surface area contributed by atoms with E-state index in [0.717, 1.165) is 6.42 Å². The minimum atomic E-state index is -0.254. The van der Waals surface area contributed by atoms with Crippen LogP contribution in [0.15, 0.2) is 199 Å². The largest absolute Gasteiger partial charge is 0.336 e. The Morgan fingerprint density at radius 3 is 1.75 bits per heavy atom.